The van der Waals surface area contributed by atoms with Gasteiger partial charge in [0.2, 0.25) is 5.91 Å². The molecule has 0 bridgehead atoms. The SMILES string of the molecule is O=C1OC[C@@H](Cc2ccccc2)N1C(=O)[C@H](CO)c1ccc(Br)cc1. The molecule has 1 heterocycles. The monoisotopic (exact) mass is 403 g/mol. The van der Waals surface area contributed by atoms with Gasteiger partial charge in [-0.05, 0) is 29.7 Å². The average molecular weight is 404 g/mol. The highest BCUT2D eigenvalue weighted by Crippen LogP contribution is 2.25. The summed E-state index contributed by atoms with van der Waals surface area (Å²) in [5.74, 6) is -1.23. The average Bonchev–Trinajstić information content (AvgIpc) is 2.98. The van der Waals surface area contributed by atoms with Crippen molar-refractivity contribution in [1.29, 1.82) is 0 Å². The summed E-state index contributed by atoms with van der Waals surface area (Å²) in [5, 5.41) is 9.73. The molecule has 1 saturated heterocycles. The summed E-state index contributed by atoms with van der Waals surface area (Å²) in [5.41, 5.74) is 1.68. The third-order valence-electron chi connectivity index (χ3n) is 4.27. The van der Waals surface area contributed by atoms with Crippen molar-refractivity contribution in [3.63, 3.8) is 0 Å². The van der Waals surface area contributed by atoms with Crippen LogP contribution in [0.25, 0.3) is 0 Å². The van der Waals surface area contributed by atoms with Gasteiger partial charge >= 0.3 is 6.09 Å². The van der Waals surface area contributed by atoms with Crippen molar-refractivity contribution in [3.8, 4) is 0 Å². The van der Waals surface area contributed by atoms with E-state index in [2.05, 4.69) is 15.9 Å². The molecule has 25 heavy (non-hydrogen) atoms. The molecule has 2 atom stereocenters. The summed E-state index contributed by atoms with van der Waals surface area (Å²) in [6, 6.07) is 16.4. The van der Waals surface area contributed by atoms with Gasteiger partial charge in [0.25, 0.3) is 0 Å². The van der Waals surface area contributed by atoms with Crippen LogP contribution >= 0.6 is 15.9 Å². The van der Waals surface area contributed by atoms with E-state index in [4.69, 9.17) is 4.74 Å². The number of amides is 2. The second-order valence-electron chi connectivity index (χ2n) is 5.92. The van der Waals surface area contributed by atoms with E-state index in [1.54, 1.807) is 24.3 Å². The summed E-state index contributed by atoms with van der Waals surface area (Å²) >= 11 is 3.34. The molecule has 2 aromatic rings. The molecule has 130 valence electrons. The summed E-state index contributed by atoms with van der Waals surface area (Å²) in [6.45, 7) is -0.208. The van der Waals surface area contributed by atoms with E-state index in [1.165, 1.54) is 0 Å². The van der Waals surface area contributed by atoms with Gasteiger partial charge < -0.3 is 9.84 Å². The van der Waals surface area contributed by atoms with Crippen LogP contribution in [-0.4, -0.2) is 41.3 Å². The minimum atomic E-state index is -0.794. The van der Waals surface area contributed by atoms with Gasteiger partial charge in [0.15, 0.2) is 0 Å². The highest BCUT2D eigenvalue weighted by atomic mass is 79.9. The van der Waals surface area contributed by atoms with Crippen molar-refractivity contribution in [2.24, 2.45) is 0 Å². The number of carbonyl (C=O) groups excluding carboxylic acids is 2. The Balaban J connectivity index is 1.82. The van der Waals surface area contributed by atoms with Gasteiger partial charge in [-0.1, -0.05) is 58.4 Å². The quantitative estimate of drug-likeness (QED) is 0.832. The van der Waals surface area contributed by atoms with Crippen molar-refractivity contribution in [2.45, 2.75) is 18.4 Å². The van der Waals surface area contributed by atoms with E-state index < -0.39 is 17.9 Å². The van der Waals surface area contributed by atoms with Gasteiger partial charge in [-0.15, -0.1) is 0 Å². The molecule has 1 fully saturated rings. The van der Waals surface area contributed by atoms with E-state index in [0.717, 1.165) is 14.9 Å². The molecule has 5 nitrogen and oxygen atoms in total. The van der Waals surface area contributed by atoms with Gasteiger partial charge in [0, 0.05) is 4.47 Å². The largest absolute Gasteiger partial charge is 0.447 e. The second-order valence-corrected chi connectivity index (χ2v) is 6.83. The maximum atomic E-state index is 12.9. The Morgan fingerprint density at radius 2 is 1.88 bits per heavy atom. The number of halogens is 1. The van der Waals surface area contributed by atoms with E-state index >= 15 is 0 Å². The number of cyclic esters (lactones) is 1. The zero-order valence-electron chi connectivity index (χ0n) is 13.5. The number of imide groups is 1. The molecule has 1 aliphatic rings. The number of carbonyl (C=O) groups is 2. The number of rotatable bonds is 5. The number of aliphatic hydroxyl groups excluding tert-OH is 1. The molecule has 0 saturated carbocycles. The number of hydrogen-bond acceptors (Lipinski definition) is 4. The lowest BCUT2D eigenvalue weighted by atomic mass is 9.97. The predicted octanol–water partition coefficient (Wildman–Crippen LogP) is 3.12. The Morgan fingerprint density at radius 3 is 2.52 bits per heavy atom. The molecule has 0 spiro atoms. The Labute approximate surface area is 154 Å². The number of hydrogen-bond donors (Lipinski definition) is 1. The topological polar surface area (TPSA) is 66.8 Å². The highest BCUT2D eigenvalue weighted by Gasteiger charge is 2.41. The summed E-state index contributed by atoms with van der Waals surface area (Å²) < 4.78 is 5.98. The molecule has 0 radical (unpaired) electrons. The first kappa shape index (κ1) is 17.6. The molecule has 0 aliphatic carbocycles. The fraction of sp³-hybridized carbons (Fsp3) is 0.263. The van der Waals surface area contributed by atoms with E-state index in [-0.39, 0.29) is 19.3 Å². The molecule has 2 amide bonds. The molecule has 1 N–H and O–H groups in total. The van der Waals surface area contributed by atoms with Crippen molar-refractivity contribution in [2.75, 3.05) is 13.2 Å². The van der Waals surface area contributed by atoms with Gasteiger partial charge in [-0.25, -0.2) is 9.69 Å². The van der Waals surface area contributed by atoms with Crippen molar-refractivity contribution in [1.82, 2.24) is 4.90 Å². The maximum absolute atomic E-state index is 12.9. The lowest BCUT2D eigenvalue weighted by Crippen LogP contribution is -2.43. The third-order valence-corrected chi connectivity index (χ3v) is 4.79. The maximum Gasteiger partial charge on any atom is 0.417 e. The molecule has 0 unspecified atom stereocenters. The fourth-order valence-electron chi connectivity index (χ4n) is 2.96. The number of aliphatic hydroxyl groups is 1. The molecule has 2 aromatic carbocycles. The van der Waals surface area contributed by atoms with E-state index in [0.29, 0.717) is 12.0 Å². The smallest absolute Gasteiger partial charge is 0.417 e. The van der Waals surface area contributed by atoms with Gasteiger partial charge in [0.05, 0.1) is 18.6 Å². The molecule has 1 aliphatic heterocycles. The first-order valence-corrected chi connectivity index (χ1v) is 8.79. The minimum Gasteiger partial charge on any atom is -0.447 e. The van der Waals surface area contributed by atoms with Crippen LogP contribution in [0, 0.1) is 0 Å². The van der Waals surface area contributed by atoms with Crippen LogP contribution in [0.4, 0.5) is 4.79 Å². The highest BCUT2D eigenvalue weighted by molar-refractivity contribution is 9.10. The first-order chi connectivity index (χ1) is 12.1. The Kier molecular flexibility index (Phi) is 5.50. The number of ether oxygens (including phenoxy) is 1. The van der Waals surface area contributed by atoms with E-state index in [1.807, 2.05) is 30.3 Å². The molecular weight excluding hydrogens is 386 g/mol. The minimum absolute atomic E-state index is 0.165. The van der Waals surface area contributed by atoms with Crippen LogP contribution in [-0.2, 0) is 16.0 Å². The fourth-order valence-corrected chi connectivity index (χ4v) is 3.22. The van der Waals surface area contributed by atoms with Gasteiger partial charge in [0.1, 0.15) is 6.61 Å². The zero-order valence-corrected chi connectivity index (χ0v) is 15.1. The molecule has 6 heteroatoms. The lowest BCUT2D eigenvalue weighted by Gasteiger charge is -2.24. The van der Waals surface area contributed by atoms with Crippen LogP contribution in [0.1, 0.15) is 17.0 Å². The van der Waals surface area contributed by atoms with Crippen LogP contribution in [0.3, 0.4) is 0 Å². The number of benzene rings is 2. The van der Waals surface area contributed by atoms with Gasteiger partial charge in [-0.2, -0.15) is 0 Å². The summed E-state index contributed by atoms with van der Waals surface area (Å²) in [7, 11) is 0. The van der Waals surface area contributed by atoms with Crippen LogP contribution in [0.5, 0.6) is 0 Å². The second kappa shape index (κ2) is 7.80. The first-order valence-electron chi connectivity index (χ1n) is 8.00. The zero-order chi connectivity index (χ0) is 17.8. The van der Waals surface area contributed by atoms with Crippen LogP contribution < -0.4 is 0 Å². The van der Waals surface area contributed by atoms with Crippen molar-refractivity contribution in [3.05, 3.63) is 70.2 Å². The van der Waals surface area contributed by atoms with Crippen molar-refractivity contribution >= 4 is 27.9 Å². The predicted molar refractivity (Wildman–Crippen MR) is 96.1 cm³/mol. The Bertz CT molecular complexity index is 748. The van der Waals surface area contributed by atoms with E-state index in [9.17, 15) is 14.7 Å². The normalized spacial score (nSPS) is 18.1. The number of nitrogens with zero attached hydrogens (tertiary/aromatic N) is 1. The summed E-state index contributed by atoms with van der Waals surface area (Å²) in [6.07, 6.45) is -0.127. The standard InChI is InChI=1S/C19H18BrNO4/c20-15-8-6-14(7-9-15)17(11-22)18(23)21-16(12-25-19(21)24)10-13-4-2-1-3-5-13/h1-9,16-17,22H,10-12H2/t16-,17-/m1/s1. The Morgan fingerprint density at radius 1 is 1.20 bits per heavy atom. The third kappa shape index (κ3) is 3.91. The molecule has 3 rings (SSSR count). The lowest BCUT2D eigenvalue weighted by molar-refractivity contribution is -0.131. The van der Waals surface area contributed by atoms with Crippen LogP contribution in [0.2, 0.25) is 0 Å². The van der Waals surface area contributed by atoms with Crippen molar-refractivity contribution < 1.29 is 19.4 Å². The Hall–Kier alpha value is -2.18. The summed E-state index contributed by atoms with van der Waals surface area (Å²) in [4.78, 5) is 26.2. The van der Waals surface area contributed by atoms with Crippen LogP contribution in [0.15, 0.2) is 59.1 Å². The molecular formula is C19H18BrNO4. The molecule has 0 aromatic heterocycles. The van der Waals surface area contributed by atoms with Gasteiger partial charge in [-0.3, -0.25) is 4.79 Å².